The van der Waals surface area contributed by atoms with Crippen LogP contribution >= 0.6 is 0 Å². The molecule has 2 nitrogen and oxygen atoms in total. The van der Waals surface area contributed by atoms with Gasteiger partial charge in [-0.05, 0) is 30.5 Å². The molecule has 0 spiro atoms. The highest BCUT2D eigenvalue weighted by atomic mass is 16.3. The lowest BCUT2D eigenvalue weighted by molar-refractivity contribution is 0.438. The number of aryl methyl sites for hydroxylation is 1. The van der Waals surface area contributed by atoms with Gasteiger partial charge in [-0.25, -0.2) is 0 Å². The lowest BCUT2D eigenvalue weighted by Gasteiger charge is -2.06. The molecule has 0 saturated carbocycles. The Kier molecular flexibility index (Phi) is 2.58. The minimum Gasteiger partial charge on any atom is -0.508 e. The maximum atomic E-state index is 9.44. The molecule has 0 unspecified atom stereocenters. The molecular formula is C10H14O2. The summed E-state index contributed by atoms with van der Waals surface area (Å²) < 4.78 is 0. The van der Waals surface area contributed by atoms with Gasteiger partial charge in [0.25, 0.3) is 0 Å². The van der Waals surface area contributed by atoms with E-state index in [1.807, 2.05) is 13.8 Å². The van der Waals surface area contributed by atoms with Crippen LogP contribution in [0.3, 0.4) is 0 Å². The van der Waals surface area contributed by atoms with E-state index in [2.05, 4.69) is 0 Å². The van der Waals surface area contributed by atoms with Crippen LogP contribution in [-0.4, -0.2) is 10.2 Å². The van der Waals surface area contributed by atoms with Gasteiger partial charge >= 0.3 is 0 Å². The summed E-state index contributed by atoms with van der Waals surface area (Å²) in [4.78, 5) is 0. The lowest BCUT2D eigenvalue weighted by atomic mass is 10.1. The summed E-state index contributed by atoms with van der Waals surface area (Å²) in [7, 11) is 0. The molecule has 1 aromatic carbocycles. The minimum absolute atomic E-state index is 0.203. The number of phenols is 2. The summed E-state index contributed by atoms with van der Waals surface area (Å²) in [6.07, 6.45) is 1.48. The first-order chi connectivity index (χ1) is 5.69. The highest BCUT2D eigenvalue weighted by Crippen LogP contribution is 2.29. The van der Waals surface area contributed by atoms with Crippen LogP contribution in [-0.2, 0) is 12.8 Å². The highest BCUT2D eigenvalue weighted by Gasteiger charge is 2.06. The van der Waals surface area contributed by atoms with Crippen LogP contribution in [0.25, 0.3) is 0 Å². The van der Waals surface area contributed by atoms with Crippen molar-refractivity contribution < 1.29 is 10.2 Å². The first kappa shape index (κ1) is 8.91. The predicted octanol–water partition coefficient (Wildman–Crippen LogP) is 2.22. The summed E-state index contributed by atoms with van der Waals surface area (Å²) in [5.74, 6) is 0.406. The Bertz CT molecular complexity index is 256. The monoisotopic (exact) mass is 166 g/mol. The molecule has 0 heterocycles. The van der Waals surface area contributed by atoms with E-state index in [0.29, 0.717) is 12.0 Å². The second kappa shape index (κ2) is 3.48. The van der Waals surface area contributed by atoms with E-state index in [0.717, 1.165) is 12.0 Å². The maximum Gasteiger partial charge on any atom is 0.122 e. The molecular weight excluding hydrogens is 152 g/mol. The summed E-state index contributed by atoms with van der Waals surface area (Å²) in [5, 5.41) is 18.9. The van der Waals surface area contributed by atoms with Crippen molar-refractivity contribution in [3.63, 3.8) is 0 Å². The number of phenolic OH excluding ortho intramolecular Hbond substituents is 2. The number of benzene rings is 1. The fourth-order valence-corrected chi connectivity index (χ4v) is 1.26. The molecule has 0 saturated heterocycles. The quantitative estimate of drug-likeness (QED) is 0.707. The summed E-state index contributed by atoms with van der Waals surface area (Å²) in [6, 6.07) is 3.41. The second-order valence-electron chi connectivity index (χ2n) is 2.82. The van der Waals surface area contributed by atoms with Gasteiger partial charge in [0.05, 0.1) is 0 Å². The molecule has 2 heteroatoms. The van der Waals surface area contributed by atoms with Crippen molar-refractivity contribution in [1.82, 2.24) is 0 Å². The van der Waals surface area contributed by atoms with Gasteiger partial charge in [0, 0.05) is 5.56 Å². The zero-order chi connectivity index (χ0) is 9.14. The normalized spacial score (nSPS) is 10.2. The van der Waals surface area contributed by atoms with Crippen LogP contribution in [0.2, 0.25) is 0 Å². The van der Waals surface area contributed by atoms with Gasteiger partial charge in [-0.15, -0.1) is 0 Å². The number of hydrogen-bond acceptors (Lipinski definition) is 2. The largest absolute Gasteiger partial charge is 0.508 e. The third-order valence-electron chi connectivity index (χ3n) is 2.02. The Morgan fingerprint density at radius 2 is 1.50 bits per heavy atom. The first-order valence-corrected chi connectivity index (χ1v) is 4.22. The van der Waals surface area contributed by atoms with Gasteiger partial charge in [0.1, 0.15) is 11.5 Å². The molecule has 0 atom stereocenters. The topological polar surface area (TPSA) is 40.5 Å². The molecule has 1 aromatic rings. The molecule has 12 heavy (non-hydrogen) atoms. The number of rotatable bonds is 2. The van der Waals surface area contributed by atoms with Crippen LogP contribution in [0.5, 0.6) is 11.5 Å². The standard InChI is InChI=1S/C10H14O2/c1-3-7-5-9(11)8(4-2)10(12)6-7/h5-6,11-12H,3-4H2,1-2H3. The van der Waals surface area contributed by atoms with Crippen LogP contribution in [0.1, 0.15) is 25.0 Å². The average Bonchev–Trinajstić information content (AvgIpc) is 2.03. The SMILES string of the molecule is CCc1cc(O)c(CC)c(O)c1. The van der Waals surface area contributed by atoms with Crippen molar-refractivity contribution in [3.05, 3.63) is 23.3 Å². The molecule has 0 bridgehead atoms. The van der Waals surface area contributed by atoms with Crippen molar-refractivity contribution in [2.24, 2.45) is 0 Å². The van der Waals surface area contributed by atoms with Crippen LogP contribution in [0, 0.1) is 0 Å². The second-order valence-corrected chi connectivity index (χ2v) is 2.82. The Morgan fingerprint density at radius 1 is 1.00 bits per heavy atom. The Hall–Kier alpha value is -1.18. The van der Waals surface area contributed by atoms with E-state index >= 15 is 0 Å². The smallest absolute Gasteiger partial charge is 0.122 e. The summed E-state index contributed by atoms with van der Waals surface area (Å²) in [6.45, 7) is 3.89. The van der Waals surface area contributed by atoms with Gasteiger partial charge in [0.15, 0.2) is 0 Å². The summed E-state index contributed by atoms with van der Waals surface area (Å²) in [5.41, 5.74) is 1.59. The van der Waals surface area contributed by atoms with Gasteiger partial charge in [-0.3, -0.25) is 0 Å². The average molecular weight is 166 g/mol. The molecule has 66 valence electrons. The fraction of sp³-hybridized carbons (Fsp3) is 0.400. The fourth-order valence-electron chi connectivity index (χ4n) is 1.26. The molecule has 0 aliphatic rings. The van der Waals surface area contributed by atoms with Crippen LogP contribution in [0.15, 0.2) is 12.1 Å². The molecule has 0 amide bonds. The zero-order valence-electron chi connectivity index (χ0n) is 7.46. The van der Waals surface area contributed by atoms with E-state index in [4.69, 9.17) is 0 Å². The van der Waals surface area contributed by atoms with Crippen LogP contribution in [0.4, 0.5) is 0 Å². The van der Waals surface area contributed by atoms with E-state index in [1.165, 1.54) is 0 Å². The summed E-state index contributed by atoms with van der Waals surface area (Å²) >= 11 is 0. The number of aromatic hydroxyl groups is 2. The number of hydrogen-bond donors (Lipinski definition) is 2. The van der Waals surface area contributed by atoms with Gasteiger partial charge in [-0.2, -0.15) is 0 Å². The Labute approximate surface area is 72.5 Å². The molecule has 0 aromatic heterocycles. The van der Waals surface area contributed by atoms with Crippen molar-refractivity contribution in [2.75, 3.05) is 0 Å². The zero-order valence-corrected chi connectivity index (χ0v) is 7.46. The third-order valence-corrected chi connectivity index (χ3v) is 2.02. The Balaban J connectivity index is 3.18. The molecule has 0 aliphatic carbocycles. The molecule has 0 aliphatic heterocycles. The van der Waals surface area contributed by atoms with Gasteiger partial charge in [-0.1, -0.05) is 13.8 Å². The van der Waals surface area contributed by atoms with Crippen molar-refractivity contribution >= 4 is 0 Å². The highest BCUT2D eigenvalue weighted by molar-refractivity contribution is 5.46. The van der Waals surface area contributed by atoms with Crippen LogP contribution < -0.4 is 0 Å². The molecule has 1 rings (SSSR count). The van der Waals surface area contributed by atoms with E-state index in [1.54, 1.807) is 12.1 Å². The van der Waals surface area contributed by atoms with Crippen molar-refractivity contribution in [1.29, 1.82) is 0 Å². The van der Waals surface area contributed by atoms with Crippen molar-refractivity contribution in [2.45, 2.75) is 26.7 Å². The third kappa shape index (κ3) is 1.52. The van der Waals surface area contributed by atoms with E-state index < -0.39 is 0 Å². The predicted molar refractivity (Wildman–Crippen MR) is 48.5 cm³/mol. The molecule has 2 N–H and O–H groups in total. The lowest BCUT2D eigenvalue weighted by Crippen LogP contribution is -1.86. The molecule has 0 radical (unpaired) electrons. The van der Waals surface area contributed by atoms with E-state index in [-0.39, 0.29) is 11.5 Å². The van der Waals surface area contributed by atoms with Gasteiger partial charge in [0.2, 0.25) is 0 Å². The van der Waals surface area contributed by atoms with E-state index in [9.17, 15) is 10.2 Å². The Morgan fingerprint density at radius 3 is 1.83 bits per heavy atom. The first-order valence-electron chi connectivity index (χ1n) is 4.22. The minimum atomic E-state index is 0.203. The molecule has 0 fully saturated rings. The van der Waals surface area contributed by atoms with Gasteiger partial charge < -0.3 is 10.2 Å². The maximum absolute atomic E-state index is 9.44. The van der Waals surface area contributed by atoms with Crippen molar-refractivity contribution in [3.8, 4) is 11.5 Å².